The molecule has 18 heavy (non-hydrogen) atoms. The van der Waals surface area contributed by atoms with Crippen LogP contribution in [0.15, 0.2) is 18.2 Å². The van der Waals surface area contributed by atoms with Crippen molar-refractivity contribution in [3.63, 3.8) is 0 Å². The van der Waals surface area contributed by atoms with Gasteiger partial charge in [-0.15, -0.1) is 0 Å². The van der Waals surface area contributed by atoms with Crippen LogP contribution in [-0.2, 0) is 0 Å². The minimum absolute atomic E-state index is 0.153. The molecule has 6 heteroatoms. The number of rotatable bonds is 3. The average Bonchev–Trinajstić information content (AvgIpc) is 2.78. The van der Waals surface area contributed by atoms with E-state index in [4.69, 9.17) is 20.5 Å². The van der Waals surface area contributed by atoms with Gasteiger partial charge in [-0.05, 0) is 12.1 Å². The summed E-state index contributed by atoms with van der Waals surface area (Å²) in [4.78, 5) is 0. The zero-order valence-electron chi connectivity index (χ0n) is 10.0. The van der Waals surface area contributed by atoms with Gasteiger partial charge in [0, 0.05) is 0 Å². The van der Waals surface area contributed by atoms with Gasteiger partial charge in [0.05, 0.1) is 25.5 Å². The van der Waals surface area contributed by atoms with Gasteiger partial charge in [-0.1, -0.05) is 6.07 Å². The topological polar surface area (TPSA) is 96.9 Å². The molecular weight excluding hydrogens is 232 g/mol. The SMILES string of the molecule is COc1cccc(OC)c1-c1[nH]nc(N)c1C#N. The molecule has 0 atom stereocenters. The number of benzene rings is 1. The Bertz CT molecular complexity index is 591. The molecule has 0 aliphatic heterocycles. The van der Waals surface area contributed by atoms with Crippen LogP contribution in [0.25, 0.3) is 11.3 Å². The minimum atomic E-state index is 0.153. The van der Waals surface area contributed by atoms with Crippen molar-refractivity contribution in [1.29, 1.82) is 5.26 Å². The fraction of sp³-hybridized carbons (Fsp3) is 0.167. The fourth-order valence-corrected chi connectivity index (χ4v) is 1.75. The molecule has 1 aromatic carbocycles. The van der Waals surface area contributed by atoms with Crippen LogP contribution in [0.4, 0.5) is 5.82 Å². The van der Waals surface area contributed by atoms with Crippen molar-refractivity contribution in [3.8, 4) is 28.8 Å². The maximum absolute atomic E-state index is 9.11. The number of nitriles is 1. The summed E-state index contributed by atoms with van der Waals surface area (Å²) in [6.45, 7) is 0. The van der Waals surface area contributed by atoms with E-state index in [1.54, 1.807) is 32.4 Å². The van der Waals surface area contributed by atoms with Gasteiger partial charge in [0.15, 0.2) is 5.82 Å². The minimum Gasteiger partial charge on any atom is -0.496 e. The second kappa shape index (κ2) is 4.67. The zero-order valence-corrected chi connectivity index (χ0v) is 10.0. The van der Waals surface area contributed by atoms with E-state index in [9.17, 15) is 0 Å². The Morgan fingerprint density at radius 2 is 1.89 bits per heavy atom. The van der Waals surface area contributed by atoms with E-state index in [0.717, 1.165) is 0 Å². The van der Waals surface area contributed by atoms with Gasteiger partial charge >= 0.3 is 0 Å². The van der Waals surface area contributed by atoms with Crippen LogP contribution in [0.1, 0.15) is 5.56 Å². The summed E-state index contributed by atoms with van der Waals surface area (Å²) in [5.41, 5.74) is 7.02. The third-order valence-corrected chi connectivity index (χ3v) is 2.58. The molecule has 0 saturated carbocycles. The van der Waals surface area contributed by atoms with Crippen molar-refractivity contribution >= 4 is 5.82 Å². The molecule has 0 amide bonds. The number of hydrogen-bond donors (Lipinski definition) is 2. The van der Waals surface area contributed by atoms with E-state index in [-0.39, 0.29) is 11.4 Å². The van der Waals surface area contributed by atoms with Crippen molar-refractivity contribution in [2.75, 3.05) is 20.0 Å². The molecule has 0 bridgehead atoms. The van der Waals surface area contributed by atoms with E-state index in [2.05, 4.69) is 10.2 Å². The van der Waals surface area contributed by atoms with Gasteiger partial charge in [0.1, 0.15) is 23.1 Å². The van der Waals surface area contributed by atoms with Crippen LogP contribution in [0.2, 0.25) is 0 Å². The molecule has 3 N–H and O–H groups in total. The number of nitrogen functional groups attached to an aromatic ring is 1. The number of nitrogens with one attached hydrogen (secondary N) is 1. The number of anilines is 1. The maximum Gasteiger partial charge on any atom is 0.163 e. The van der Waals surface area contributed by atoms with Crippen LogP contribution < -0.4 is 15.2 Å². The first-order valence-corrected chi connectivity index (χ1v) is 5.18. The number of aromatic nitrogens is 2. The second-order valence-electron chi connectivity index (χ2n) is 3.51. The lowest BCUT2D eigenvalue weighted by Crippen LogP contribution is -1.95. The second-order valence-corrected chi connectivity index (χ2v) is 3.51. The number of nitrogens with zero attached hydrogens (tertiary/aromatic N) is 2. The Morgan fingerprint density at radius 3 is 2.39 bits per heavy atom. The van der Waals surface area contributed by atoms with Gasteiger partial charge < -0.3 is 15.2 Å². The predicted octanol–water partition coefficient (Wildman–Crippen LogP) is 1.55. The summed E-state index contributed by atoms with van der Waals surface area (Å²) in [6, 6.07) is 7.36. The van der Waals surface area contributed by atoms with E-state index in [1.807, 2.05) is 6.07 Å². The quantitative estimate of drug-likeness (QED) is 0.853. The molecule has 0 fully saturated rings. The Hall–Kier alpha value is -2.68. The number of nitrogens with two attached hydrogens (primary N) is 1. The van der Waals surface area contributed by atoms with Crippen LogP contribution in [0.3, 0.4) is 0 Å². The first-order chi connectivity index (χ1) is 8.72. The maximum atomic E-state index is 9.11. The van der Waals surface area contributed by atoms with Gasteiger partial charge in [-0.3, -0.25) is 5.10 Å². The summed E-state index contributed by atoms with van der Waals surface area (Å²) in [5, 5.41) is 15.7. The highest BCUT2D eigenvalue weighted by Crippen LogP contribution is 2.39. The normalized spacial score (nSPS) is 9.83. The standard InChI is InChI=1S/C12H12N4O2/c1-17-8-4-3-5-9(18-2)10(8)11-7(6-13)12(14)16-15-11/h3-5H,1-2H3,(H3,14,15,16). The van der Waals surface area contributed by atoms with E-state index >= 15 is 0 Å². The highest BCUT2D eigenvalue weighted by Gasteiger charge is 2.19. The van der Waals surface area contributed by atoms with Crippen LogP contribution in [-0.4, -0.2) is 24.4 Å². The Labute approximate surface area is 104 Å². The van der Waals surface area contributed by atoms with Crippen LogP contribution in [0.5, 0.6) is 11.5 Å². The van der Waals surface area contributed by atoms with E-state index in [0.29, 0.717) is 22.8 Å². The van der Waals surface area contributed by atoms with Crippen LogP contribution in [0, 0.1) is 11.3 Å². The molecule has 0 spiro atoms. The first-order valence-electron chi connectivity index (χ1n) is 5.18. The largest absolute Gasteiger partial charge is 0.496 e. The molecule has 6 nitrogen and oxygen atoms in total. The first kappa shape index (κ1) is 11.8. The summed E-state index contributed by atoms with van der Waals surface area (Å²) in [7, 11) is 3.09. The molecule has 1 aromatic heterocycles. The summed E-state index contributed by atoms with van der Waals surface area (Å²) < 4.78 is 10.5. The Morgan fingerprint density at radius 1 is 1.28 bits per heavy atom. The average molecular weight is 244 g/mol. The highest BCUT2D eigenvalue weighted by molar-refractivity contribution is 5.81. The van der Waals surface area contributed by atoms with Crippen molar-refractivity contribution in [2.24, 2.45) is 0 Å². The molecule has 2 aromatic rings. The molecule has 0 aliphatic carbocycles. The monoisotopic (exact) mass is 244 g/mol. The van der Waals surface area contributed by atoms with Crippen molar-refractivity contribution in [1.82, 2.24) is 10.2 Å². The Kier molecular flexibility index (Phi) is 3.06. The predicted molar refractivity (Wildman–Crippen MR) is 66.3 cm³/mol. The van der Waals surface area contributed by atoms with Gasteiger partial charge in [0.2, 0.25) is 0 Å². The number of aromatic amines is 1. The van der Waals surface area contributed by atoms with E-state index in [1.165, 1.54) is 0 Å². The summed E-state index contributed by atoms with van der Waals surface area (Å²) in [5.74, 6) is 1.31. The number of H-pyrrole nitrogens is 1. The molecular formula is C12H12N4O2. The molecule has 0 saturated heterocycles. The lowest BCUT2D eigenvalue weighted by Gasteiger charge is -2.11. The van der Waals surface area contributed by atoms with Crippen molar-refractivity contribution in [2.45, 2.75) is 0 Å². The third-order valence-electron chi connectivity index (χ3n) is 2.58. The van der Waals surface area contributed by atoms with Gasteiger partial charge in [0.25, 0.3) is 0 Å². The number of methoxy groups -OCH3 is 2. The Balaban J connectivity index is 2.73. The highest BCUT2D eigenvalue weighted by atomic mass is 16.5. The van der Waals surface area contributed by atoms with Gasteiger partial charge in [-0.25, -0.2) is 0 Å². The zero-order chi connectivity index (χ0) is 13.1. The lowest BCUT2D eigenvalue weighted by molar-refractivity contribution is 0.397. The molecule has 0 radical (unpaired) electrons. The fourth-order valence-electron chi connectivity index (χ4n) is 1.75. The lowest BCUT2D eigenvalue weighted by atomic mass is 10.1. The van der Waals surface area contributed by atoms with Crippen LogP contribution >= 0.6 is 0 Å². The summed E-state index contributed by atoms with van der Waals surface area (Å²) >= 11 is 0. The smallest absolute Gasteiger partial charge is 0.163 e. The molecule has 0 unspecified atom stereocenters. The molecule has 0 aliphatic rings. The van der Waals surface area contributed by atoms with Crippen molar-refractivity contribution < 1.29 is 9.47 Å². The van der Waals surface area contributed by atoms with E-state index < -0.39 is 0 Å². The van der Waals surface area contributed by atoms with Crippen molar-refractivity contribution in [3.05, 3.63) is 23.8 Å². The molecule has 92 valence electrons. The number of hydrogen-bond acceptors (Lipinski definition) is 5. The summed E-state index contributed by atoms with van der Waals surface area (Å²) in [6.07, 6.45) is 0. The molecule has 2 rings (SSSR count). The molecule has 1 heterocycles. The third kappa shape index (κ3) is 1.72. The van der Waals surface area contributed by atoms with Gasteiger partial charge in [-0.2, -0.15) is 10.4 Å². The number of ether oxygens (including phenoxy) is 2.